The van der Waals surface area contributed by atoms with Crippen molar-refractivity contribution in [2.45, 2.75) is 77.6 Å². The van der Waals surface area contributed by atoms with Crippen LogP contribution in [0.4, 0.5) is 10.5 Å². The van der Waals surface area contributed by atoms with E-state index in [9.17, 15) is 9.90 Å². The Labute approximate surface area is 232 Å². The highest BCUT2D eigenvalue weighted by Crippen LogP contribution is 2.53. The smallest absolute Gasteiger partial charge is 0.411 e. The SMILES string of the molecule is C=CCOC(=O)Nc1ccc([C@@H]2O[C@H](CN3CC4(C)CC3CC(C)(C)C4)C[C@H](c3ccc(CO)cc3)O2)cc1. The van der Waals surface area contributed by atoms with Crippen molar-refractivity contribution >= 4 is 11.8 Å². The topological polar surface area (TPSA) is 80.3 Å². The molecule has 2 heterocycles. The molecule has 210 valence electrons. The van der Waals surface area contributed by atoms with E-state index in [1.165, 1.54) is 25.3 Å². The standard InChI is InChI=1S/C32H42N2O5/c1-5-14-37-30(36)33-25-12-10-24(11-13-25)29-38-27(15-28(39-29)23-8-6-22(19-35)7-9-23)18-34-21-32(4)17-26(34)16-31(2,3)20-32/h5-13,26-29,35H,1,14-21H2,2-4H3,(H,33,36)/t26?,27-,28+,29+,32?/m0/s1. The maximum absolute atomic E-state index is 11.9. The summed E-state index contributed by atoms with van der Waals surface area (Å²) in [5.74, 6) is 0. The molecule has 1 aliphatic carbocycles. The average molecular weight is 535 g/mol. The monoisotopic (exact) mass is 534 g/mol. The third-order valence-corrected chi connectivity index (χ3v) is 8.34. The Morgan fingerprint density at radius 1 is 1.10 bits per heavy atom. The van der Waals surface area contributed by atoms with E-state index in [2.05, 4.69) is 37.6 Å². The van der Waals surface area contributed by atoms with E-state index in [1.54, 1.807) is 0 Å². The van der Waals surface area contributed by atoms with Crippen LogP contribution in [0, 0.1) is 10.8 Å². The highest BCUT2D eigenvalue weighted by atomic mass is 16.7. The maximum atomic E-state index is 11.9. The van der Waals surface area contributed by atoms with Crippen LogP contribution in [-0.4, -0.2) is 47.9 Å². The van der Waals surface area contributed by atoms with Crippen molar-refractivity contribution in [3.63, 3.8) is 0 Å². The molecule has 1 amide bonds. The predicted octanol–water partition coefficient (Wildman–Crippen LogP) is 6.36. The van der Waals surface area contributed by atoms with Gasteiger partial charge in [0.05, 0.1) is 18.8 Å². The van der Waals surface area contributed by atoms with Crippen LogP contribution in [-0.2, 0) is 20.8 Å². The van der Waals surface area contributed by atoms with Crippen molar-refractivity contribution < 1.29 is 24.1 Å². The van der Waals surface area contributed by atoms with Crippen LogP contribution >= 0.6 is 0 Å². The van der Waals surface area contributed by atoms with Gasteiger partial charge >= 0.3 is 6.09 Å². The zero-order valence-electron chi connectivity index (χ0n) is 23.4. The van der Waals surface area contributed by atoms with Gasteiger partial charge in [-0.3, -0.25) is 10.2 Å². The van der Waals surface area contributed by atoms with Gasteiger partial charge in [0.1, 0.15) is 6.61 Å². The van der Waals surface area contributed by atoms with E-state index in [0.29, 0.717) is 22.6 Å². The molecule has 5 atom stereocenters. The third-order valence-electron chi connectivity index (χ3n) is 8.34. The molecule has 0 aromatic heterocycles. The Balaban J connectivity index is 1.32. The van der Waals surface area contributed by atoms with Crippen LogP contribution in [0.3, 0.4) is 0 Å². The molecule has 3 aliphatic rings. The Bertz CT molecular complexity index is 1150. The number of nitrogens with one attached hydrogen (secondary N) is 1. The first-order valence-corrected chi connectivity index (χ1v) is 14.0. The van der Waals surface area contributed by atoms with E-state index in [-0.39, 0.29) is 25.4 Å². The molecule has 0 spiro atoms. The number of ether oxygens (including phenoxy) is 3. The van der Waals surface area contributed by atoms with Gasteiger partial charge in [0.2, 0.25) is 0 Å². The third kappa shape index (κ3) is 6.72. The summed E-state index contributed by atoms with van der Waals surface area (Å²) < 4.78 is 18.1. The molecule has 39 heavy (non-hydrogen) atoms. The van der Waals surface area contributed by atoms with Crippen molar-refractivity contribution in [1.29, 1.82) is 0 Å². The predicted molar refractivity (Wildman–Crippen MR) is 151 cm³/mol. The molecule has 2 aromatic carbocycles. The Morgan fingerprint density at radius 3 is 2.51 bits per heavy atom. The number of carbonyl (C=O) groups is 1. The highest BCUT2D eigenvalue weighted by Gasteiger charge is 2.50. The van der Waals surface area contributed by atoms with Crippen molar-refractivity contribution in [3.8, 4) is 0 Å². The zero-order valence-corrected chi connectivity index (χ0v) is 23.4. The van der Waals surface area contributed by atoms with E-state index in [1.807, 2.05) is 48.5 Å². The molecular weight excluding hydrogens is 492 g/mol. The van der Waals surface area contributed by atoms with Crippen LogP contribution in [0.2, 0.25) is 0 Å². The summed E-state index contributed by atoms with van der Waals surface area (Å²) >= 11 is 0. The number of hydrogen-bond acceptors (Lipinski definition) is 6. The summed E-state index contributed by atoms with van der Waals surface area (Å²) in [6.45, 7) is 13.0. The molecule has 0 radical (unpaired) electrons. The second kappa shape index (κ2) is 11.4. The van der Waals surface area contributed by atoms with E-state index < -0.39 is 12.4 Å². The van der Waals surface area contributed by atoms with Gasteiger partial charge < -0.3 is 19.3 Å². The number of carbonyl (C=O) groups excluding carboxylic acids is 1. The average Bonchev–Trinajstić information content (AvgIpc) is 3.14. The lowest BCUT2D eigenvalue weighted by molar-refractivity contribution is -0.253. The number of benzene rings is 2. The van der Waals surface area contributed by atoms with E-state index in [0.717, 1.165) is 36.2 Å². The Hall–Kier alpha value is -2.71. The molecule has 7 heteroatoms. The van der Waals surface area contributed by atoms with Crippen molar-refractivity contribution in [2.75, 3.05) is 25.0 Å². The van der Waals surface area contributed by atoms with Gasteiger partial charge in [-0.05, 0) is 53.4 Å². The maximum Gasteiger partial charge on any atom is 0.411 e. The fraction of sp³-hybridized carbons (Fsp3) is 0.531. The van der Waals surface area contributed by atoms with Gasteiger partial charge in [0, 0.05) is 36.8 Å². The fourth-order valence-electron chi connectivity index (χ4n) is 7.10. The summed E-state index contributed by atoms with van der Waals surface area (Å²) in [5.41, 5.74) is 4.24. The second-order valence-electron chi connectivity index (χ2n) is 12.6. The Kier molecular flexibility index (Phi) is 8.15. The molecular formula is C32H42N2O5. The van der Waals surface area contributed by atoms with E-state index >= 15 is 0 Å². The lowest BCUT2D eigenvalue weighted by Gasteiger charge is -2.41. The van der Waals surface area contributed by atoms with Crippen LogP contribution < -0.4 is 5.32 Å². The van der Waals surface area contributed by atoms with Gasteiger partial charge in [-0.2, -0.15) is 0 Å². The van der Waals surface area contributed by atoms with Crippen LogP contribution in [0.15, 0.2) is 61.2 Å². The van der Waals surface area contributed by atoms with Crippen LogP contribution in [0.25, 0.3) is 0 Å². The summed E-state index contributed by atoms with van der Waals surface area (Å²) in [6, 6.07) is 16.1. The molecule has 2 aliphatic heterocycles. The van der Waals surface area contributed by atoms with Crippen LogP contribution in [0.5, 0.6) is 0 Å². The lowest BCUT2D eigenvalue weighted by Crippen LogP contribution is -2.42. The normalized spacial score (nSPS) is 30.1. The molecule has 2 N–H and O–H groups in total. The van der Waals surface area contributed by atoms with E-state index in [4.69, 9.17) is 14.2 Å². The van der Waals surface area contributed by atoms with Crippen LogP contribution in [0.1, 0.15) is 75.5 Å². The molecule has 2 bridgehead atoms. The minimum absolute atomic E-state index is 0.0176. The van der Waals surface area contributed by atoms with Crippen molar-refractivity contribution in [1.82, 2.24) is 4.90 Å². The number of aliphatic hydroxyl groups is 1. The van der Waals surface area contributed by atoms with Crippen molar-refractivity contribution in [2.24, 2.45) is 10.8 Å². The lowest BCUT2D eigenvalue weighted by atomic mass is 9.65. The summed E-state index contributed by atoms with van der Waals surface area (Å²) in [7, 11) is 0. The van der Waals surface area contributed by atoms with Gasteiger partial charge in [0.15, 0.2) is 6.29 Å². The fourth-order valence-corrected chi connectivity index (χ4v) is 7.10. The molecule has 2 aromatic rings. The number of anilines is 1. The van der Waals surface area contributed by atoms with Gasteiger partial charge in [-0.15, -0.1) is 0 Å². The molecule has 5 rings (SSSR count). The minimum Gasteiger partial charge on any atom is -0.445 e. The zero-order chi connectivity index (χ0) is 27.6. The molecule has 7 nitrogen and oxygen atoms in total. The number of likely N-dealkylation sites (tertiary alicyclic amines) is 1. The summed E-state index contributed by atoms with van der Waals surface area (Å²) in [6.07, 6.45) is 4.91. The first-order chi connectivity index (χ1) is 18.6. The quantitative estimate of drug-likeness (QED) is 0.384. The Morgan fingerprint density at radius 2 is 1.82 bits per heavy atom. The second-order valence-corrected chi connectivity index (χ2v) is 12.6. The number of nitrogens with zero attached hydrogens (tertiary/aromatic N) is 1. The van der Waals surface area contributed by atoms with Crippen molar-refractivity contribution in [3.05, 3.63) is 77.9 Å². The first-order valence-electron chi connectivity index (χ1n) is 14.0. The number of rotatable bonds is 8. The molecule has 3 fully saturated rings. The summed E-state index contributed by atoms with van der Waals surface area (Å²) in [5, 5.41) is 12.2. The minimum atomic E-state index is -0.526. The first kappa shape index (κ1) is 27.8. The number of hydrogen-bond donors (Lipinski definition) is 2. The largest absolute Gasteiger partial charge is 0.445 e. The van der Waals surface area contributed by atoms with Gasteiger partial charge in [0.25, 0.3) is 0 Å². The highest BCUT2D eigenvalue weighted by molar-refractivity contribution is 5.84. The van der Waals surface area contributed by atoms with Gasteiger partial charge in [-0.1, -0.05) is 69.8 Å². The molecule has 1 saturated carbocycles. The summed E-state index contributed by atoms with van der Waals surface area (Å²) in [4.78, 5) is 14.6. The number of fused-ring (bicyclic) bond motifs is 2. The van der Waals surface area contributed by atoms with Gasteiger partial charge in [-0.25, -0.2) is 4.79 Å². The number of amides is 1. The molecule has 2 saturated heterocycles. The molecule has 2 unspecified atom stereocenters. The number of aliphatic hydroxyl groups excluding tert-OH is 1.